The largest absolute Gasteiger partial charge is 0.508 e. The highest BCUT2D eigenvalue weighted by Gasteiger charge is 2.36. The van der Waals surface area contributed by atoms with Crippen molar-refractivity contribution >= 4 is 11.6 Å². The zero-order chi connectivity index (χ0) is 13.2. The highest BCUT2D eigenvalue weighted by atomic mass is 16.5. The summed E-state index contributed by atoms with van der Waals surface area (Å²) in [6, 6.07) is 6.67. The molecule has 1 aliphatic rings. The number of carbonyl (C=O) groups is 1. The lowest BCUT2D eigenvalue weighted by atomic mass is 9.99. The highest BCUT2D eigenvalue weighted by Crippen LogP contribution is 2.28. The number of hydrogen-bond donors (Lipinski definition) is 2. The molecule has 1 fully saturated rings. The van der Waals surface area contributed by atoms with E-state index >= 15 is 0 Å². The van der Waals surface area contributed by atoms with Crippen LogP contribution in [0.2, 0.25) is 0 Å². The van der Waals surface area contributed by atoms with Gasteiger partial charge in [0.05, 0.1) is 12.1 Å². The number of morpholine rings is 1. The summed E-state index contributed by atoms with van der Waals surface area (Å²) in [4.78, 5) is 13.5. The van der Waals surface area contributed by atoms with Gasteiger partial charge in [-0.2, -0.15) is 0 Å². The molecule has 0 radical (unpaired) electrons. The maximum atomic E-state index is 11.9. The number of hydrogen-bond acceptors (Lipinski definition) is 4. The monoisotopic (exact) mass is 250 g/mol. The number of ether oxygens (including phenoxy) is 1. The molecule has 1 aromatic rings. The Bertz CT molecular complexity index is 450. The standard InChI is InChI=1S/C13H18N2O3/c1-13(5-6-14)9-15(12(17)8-18-13)10-3-2-4-11(16)7-10/h2-4,7,16H,5-6,8-9,14H2,1H3. The predicted octanol–water partition coefficient (Wildman–Crippen LogP) is 0.863. The Balaban J connectivity index is 2.23. The molecule has 1 saturated heterocycles. The second-order valence-corrected chi connectivity index (χ2v) is 4.78. The molecule has 0 spiro atoms. The van der Waals surface area contributed by atoms with Crippen LogP contribution in [-0.4, -0.2) is 36.3 Å². The van der Waals surface area contributed by atoms with Gasteiger partial charge in [-0.1, -0.05) is 6.07 Å². The van der Waals surface area contributed by atoms with Crippen LogP contribution >= 0.6 is 0 Å². The van der Waals surface area contributed by atoms with Crippen molar-refractivity contribution in [1.29, 1.82) is 0 Å². The molecular weight excluding hydrogens is 232 g/mol. The first-order chi connectivity index (χ1) is 8.54. The van der Waals surface area contributed by atoms with E-state index in [2.05, 4.69) is 0 Å². The summed E-state index contributed by atoms with van der Waals surface area (Å²) < 4.78 is 5.57. The van der Waals surface area contributed by atoms with Crippen LogP contribution in [0.3, 0.4) is 0 Å². The first-order valence-electron chi connectivity index (χ1n) is 5.97. The number of nitrogens with two attached hydrogens (primary N) is 1. The van der Waals surface area contributed by atoms with Crippen LogP contribution < -0.4 is 10.6 Å². The van der Waals surface area contributed by atoms with Crippen molar-refractivity contribution in [2.45, 2.75) is 18.9 Å². The molecule has 1 amide bonds. The molecule has 0 aromatic heterocycles. The van der Waals surface area contributed by atoms with Crippen molar-refractivity contribution in [3.8, 4) is 5.75 Å². The maximum absolute atomic E-state index is 11.9. The molecule has 1 unspecified atom stereocenters. The predicted molar refractivity (Wildman–Crippen MR) is 68.5 cm³/mol. The van der Waals surface area contributed by atoms with Crippen LogP contribution in [0.25, 0.3) is 0 Å². The summed E-state index contributed by atoms with van der Waals surface area (Å²) in [5.41, 5.74) is 5.83. The lowest BCUT2D eigenvalue weighted by molar-refractivity contribution is -0.137. The third kappa shape index (κ3) is 2.63. The number of carbonyl (C=O) groups excluding carboxylic acids is 1. The van der Waals surface area contributed by atoms with Crippen LogP contribution in [-0.2, 0) is 9.53 Å². The van der Waals surface area contributed by atoms with Gasteiger partial charge >= 0.3 is 0 Å². The number of phenols is 1. The van der Waals surface area contributed by atoms with Crippen LogP contribution in [0.15, 0.2) is 24.3 Å². The lowest BCUT2D eigenvalue weighted by Crippen LogP contribution is -2.54. The van der Waals surface area contributed by atoms with Gasteiger partial charge in [-0.25, -0.2) is 0 Å². The maximum Gasteiger partial charge on any atom is 0.253 e. The summed E-state index contributed by atoms with van der Waals surface area (Å²) in [5.74, 6) is 0.0439. The van der Waals surface area contributed by atoms with Gasteiger partial charge in [-0.3, -0.25) is 4.79 Å². The fourth-order valence-corrected chi connectivity index (χ4v) is 2.13. The van der Waals surface area contributed by atoms with E-state index < -0.39 is 5.60 Å². The molecule has 1 atom stereocenters. The van der Waals surface area contributed by atoms with E-state index in [-0.39, 0.29) is 18.3 Å². The number of amides is 1. The van der Waals surface area contributed by atoms with Gasteiger partial charge in [0.25, 0.3) is 5.91 Å². The van der Waals surface area contributed by atoms with E-state index in [9.17, 15) is 9.90 Å². The van der Waals surface area contributed by atoms with Gasteiger partial charge in [-0.05, 0) is 32.0 Å². The first-order valence-corrected chi connectivity index (χ1v) is 5.97. The van der Waals surface area contributed by atoms with Crippen LogP contribution in [0.5, 0.6) is 5.75 Å². The molecule has 2 rings (SSSR count). The number of phenolic OH excluding ortho intramolecular Hbond substituents is 1. The Hall–Kier alpha value is -1.59. The van der Waals surface area contributed by atoms with E-state index in [4.69, 9.17) is 10.5 Å². The van der Waals surface area contributed by atoms with Gasteiger partial charge in [0.2, 0.25) is 0 Å². The number of anilines is 1. The topological polar surface area (TPSA) is 75.8 Å². The van der Waals surface area contributed by atoms with Gasteiger partial charge in [0.15, 0.2) is 0 Å². The Kier molecular flexibility index (Phi) is 3.54. The number of nitrogens with zero attached hydrogens (tertiary/aromatic N) is 1. The van der Waals surface area contributed by atoms with Crippen molar-refractivity contribution in [3.63, 3.8) is 0 Å². The molecule has 3 N–H and O–H groups in total. The average molecular weight is 250 g/mol. The van der Waals surface area contributed by atoms with Crippen molar-refractivity contribution in [2.24, 2.45) is 5.73 Å². The normalized spacial score (nSPS) is 24.3. The smallest absolute Gasteiger partial charge is 0.253 e. The first kappa shape index (κ1) is 12.9. The molecule has 0 aliphatic carbocycles. The van der Waals surface area contributed by atoms with E-state index in [1.807, 2.05) is 6.92 Å². The minimum absolute atomic E-state index is 0.0478. The summed E-state index contributed by atoms with van der Waals surface area (Å²) in [6.07, 6.45) is 0.690. The molecule has 18 heavy (non-hydrogen) atoms. The Labute approximate surface area is 106 Å². The van der Waals surface area contributed by atoms with Gasteiger partial charge in [0, 0.05) is 11.8 Å². The zero-order valence-corrected chi connectivity index (χ0v) is 10.4. The fourth-order valence-electron chi connectivity index (χ4n) is 2.13. The third-order valence-electron chi connectivity index (χ3n) is 3.15. The third-order valence-corrected chi connectivity index (χ3v) is 3.15. The Morgan fingerprint density at radius 3 is 3.00 bits per heavy atom. The molecule has 0 saturated carbocycles. The van der Waals surface area contributed by atoms with Gasteiger partial charge < -0.3 is 20.5 Å². The second-order valence-electron chi connectivity index (χ2n) is 4.78. The molecule has 1 aromatic carbocycles. The molecule has 5 heteroatoms. The van der Waals surface area contributed by atoms with E-state index in [0.29, 0.717) is 25.2 Å². The molecule has 1 aliphatic heterocycles. The zero-order valence-electron chi connectivity index (χ0n) is 10.4. The van der Waals surface area contributed by atoms with Gasteiger partial charge in [0.1, 0.15) is 12.4 Å². The van der Waals surface area contributed by atoms with E-state index in [1.54, 1.807) is 29.2 Å². The SMILES string of the molecule is CC1(CCN)CN(c2cccc(O)c2)C(=O)CO1. The summed E-state index contributed by atoms with van der Waals surface area (Å²) in [7, 11) is 0. The number of benzene rings is 1. The van der Waals surface area contributed by atoms with Crippen LogP contribution in [0.1, 0.15) is 13.3 Å². The number of aromatic hydroxyl groups is 1. The molecule has 1 heterocycles. The molecule has 5 nitrogen and oxygen atoms in total. The minimum atomic E-state index is -0.422. The highest BCUT2D eigenvalue weighted by molar-refractivity contribution is 5.95. The quantitative estimate of drug-likeness (QED) is 0.834. The molecule has 98 valence electrons. The van der Waals surface area contributed by atoms with Gasteiger partial charge in [-0.15, -0.1) is 0 Å². The summed E-state index contributed by atoms with van der Waals surface area (Å²) in [5, 5.41) is 9.47. The minimum Gasteiger partial charge on any atom is -0.508 e. The second kappa shape index (κ2) is 4.96. The molecular formula is C13H18N2O3. The van der Waals surface area contributed by atoms with Crippen molar-refractivity contribution < 1.29 is 14.6 Å². The van der Waals surface area contributed by atoms with Crippen LogP contribution in [0.4, 0.5) is 5.69 Å². The summed E-state index contributed by atoms with van der Waals surface area (Å²) >= 11 is 0. The van der Waals surface area contributed by atoms with E-state index in [0.717, 1.165) is 0 Å². The van der Waals surface area contributed by atoms with Crippen LogP contribution in [0, 0.1) is 0 Å². The average Bonchev–Trinajstić information content (AvgIpc) is 2.33. The summed E-state index contributed by atoms with van der Waals surface area (Å²) in [6.45, 7) is 2.96. The van der Waals surface area contributed by atoms with Crippen molar-refractivity contribution in [2.75, 3.05) is 24.6 Å². The Morgan fingerprint density at radius 2 is 2.33 bits per heavy atom. The van der Waals surface area contributed by atoms with Crippen molar-refractivity contribution in [3.05, 3.63) is 24.3 Å². The lowest BCUT2D eigenvalue weighted by Gasteiger charge is -2.40. The fraction of sp³-hybridized carbons (Fsp3) is 0.462. The van der Waals surface area contributed by atoms with Crippen molar-refractivity contribution in [1.82, 2.24) is 0 Å². The molecule has 0 bridgehead atoms. The number of rotatable bonds is 3. The Morgan fingerprint density at radius 1 is 1.56 bits per heavy atom. The van der Waals surface area contributed by atoms with E-state index in [1.165, 1.54) is 0 Å².